The normalized spacial score (nSPS) is 10.1. The van der Waals surface area contributed by atoms with Gasteiger partial charge in [-0.2, -0.15) is 0 Å². The lowest BCUT2D eigenvalue weighted by atomic mass is 10.2. The van der Waals surface area contributed by atoms with Crippen molar-refractivity contribution < 1.29 is 4.92 Å². The number of anilines is 1. The fraction of sp³-hybridized carbons (Fsp3) is 0.167. The second-order valence-corrected chi connectivity index (χ2v) is 3.81. The fourth-order valence-corrected chi connectivity index (χ4v) is 1.53. The standard InChI is InChI=1S/C12H12N4O2/c1-9-2-3-10(6-12(9)16(17)18)14-7-11-4-5-13-8-15-11/h2-6,8,14H,7H2,1H3. The van der Waals surface area contributed by atoms with Crippen molar-refractivity contribution in [2.45, 2.75) is 13.5 Å². The van der Waals surface area contributed by atoms with Crippen LogP contribution in [0.15, 0.2) is 36.8 Å². The van der Waals surface area contributed by atoms with Crippen molar-refractivity contribution in [2.24, 2.45) is 0 Å². The third-order valence-corrected chi connectivity index (χ3v) is 2.52. The average molecular weight is 244 g/mol. The topological polar surface area (TPSA) is 81.0 Å². The largest absolute Gasteiger partial charge is 0.379 e. The molecule has 2 aromatic rings. The van der Waals surface area contributed by atoms with Crippen LogP contribution in [0.25, 0.3) is 0 Å². The lowest BCUT2D eigenvalue weighted by Gasteiger charge is -2.06. The van der Waals surface area contributed by atoms with Gasteiger partial charge < -0.3 is 5.32 Å². The van der Waals surface area contributed by atoms with E-state index in [0.29, 0.717) is 17.8 Å². The van der Waals surface area contributed by atoms with E-state index in [4.69, 9.17) is 0 Å². The zero-order chi connectivity index (χ0) is 13.0. The molecule has 0 atom stereocenters. The highest BCUT2D eigenvalue weighted by Gasteiger charge is 2.10. The van der Waals surface area contributed by atoms with Gasteiger partial charge in [-0.3, -0.25) is 10.1 Å². The second kappa shape index (κ2) is 5.22. The number of rotatable bonds is 4. The molecule has 6 nitrogen and oxygen atoms in total. The van der Waals surface area contributed by atoms with E-state index in [-0.39, 0.29) is 10.6 Å². The summed E-state index contributed by atoms with van der Waals surface area (Å²) in [6, 6.07) is 6.84. The molecule has 0 unspecified atom stereocenters. The minimum Gasteiger partial charge on any atom is -0.379 e. The van der Waals surface area contributed by atoms with Crippen LogP contribution in [0.4, 0.5) is 11.4 Å². The minimum absolute atomic E-state index is 0.114. The SMILES string of the molecule is Cc1ccc(NCc2ccncn2)cc1[N+](=O)[O-]. The van der Waals surface area contributed by atoms with Crippen LogP contribution >= 0.6 is 0 Å². The van der Waals surface area contributed by atoms with E-state index < -0.39 is 0 Å². The van der Waals surface area contributed by atoms with Gasteiger partial charge in [0.2, 0.25) is 0 Å². The van der Waals surface area contributed by atoms with Crippen molar-refractivity contribution in [1.29, 1.82) is 0 Å². The second-order valence-electron chi connectivity index (χ2n) is 3.81. The van der Waals surface area contributed by atoms with Crippen LogP contribution in [-0.4, -0.2) is 14.9 Å². The molecule has 0 aliphatic rings. The van der Waals surface area contributed by atoms with Crippen molar-refractivity contribution in [3.8, 4) is 0 Å². The van der Waals surface area contributed by atoms with E-state index in [1.807, 2.05) is 6.07 Å². The van der Waals surface area contributed by atoms with Gasteiger partial charge in [-0.25, -0.2) is 9.97 Å². The molecule has 1 aromatic heterocycles. The third-order valence-electron chi connectivity index (χ3n) is 2.52. The Bertz CT molecular complexity index is 557. The lowest BCUT2D eigenvalue weighted by molar-refractivity contribution is -0.385. The zero-order valence-corrected chi connectivity index (χ0v) is 9.83. The molecular weight excluding hydrogens is 232 g/mol. The predicted molar refractivity (Wildman–Crippen MR) is 67.2 cm³/mol. The van der Waals surface area contributed by atoms with Crippen LogP contribution in [-0.2, 0) is 6.54 Å². The van der Waals surface area contributed by atoms with Crippen molar-refractivity contribution in [2.75, 3.05) is 5.32 Å². The number of nitro groups is 1. The Hall–Kier alpha value is -2.50. The molecule has 0 spiro atoms. The highest BCUT2D eigenvalue weighted by molar-refractivity contribution is 5.54. The number of benzene rings is 1. The quantitative estimate of drug-likeness (QED) is 0.659. The molecule has 0 fully saturated rings. The molecule has 0 aliphatic carbocycles. The van der Waals surface area contributed by atoms with Gasteiger partial charge in [0.05, 0.1) is 17.2 Å². The van der Waals surface area contributed by atoms with Crippen LogP contribution in [0.2, 0.25) is 0 Å². The average Bonchev–Trinajstić information content (AvgIpc) is 2.38. The predicted octanol–water partition coefficient (Wildman–Crippen LogP) is 2.31. The number of aromatic nitrogens is 2. The van der Waals surface area contributed by atoms with E-state index >= 15 is 0 Å². The molecule has 1 heterocycles. The highest BCUT2D eigenvalue weighted by atomic mass is 16.6. The first kappa shape index (κ1) is 12.0. The molecule has 6 heteroatoms. The fourth-order valence-electron chi connectivity index (χ4n) is 1.53. The molecule has 2 rings (SSSR count). The number of nitrogens with one attached hydrogen (secondary N) is 1. The number of hydrogen-bond acceptors (Lipinski definition) is 5. The van der Waals surface area contributed by atoms with Crippen LogP contribution in [0.5, 0.6) is 0 Å². The molecule has 0 radical (unpaired) electrons. The van der Waals surface area contributed by atoms with E-state index in [1.54, 1.807) is 25.3 Å². The Morgan fingerprint density at radius 1 is 1.39 bits per heavy atom. The summed E-state index contributed by atoms with van der Waals surface area (Å²) in [4.78, 5) is 18.3. The van der Waals surface area contributed by atoms with Crippen molar-refractivity contribution in [3.05, 3.63) is 58.2 Å². The number of nitro benzene ring substituents is 1. The number of nitrogens with zero attached hydrogens (tertiary/aromatic N) is 3. The van der Waals surface area contributed by atoms with Crippen LogP contribution < -0.4 is 5.32 Å². The summed E-state index contributed by atoms with van der Waals surface area (Å²) in [5.41, 5.74) is 2.29. The highest BCUT2D eigenvalue weighted by Crippen LogP contribution is 2.22. The maximum absolute atomic E-state index is 10.8. The number of aryl methyl sites for hydroxylation is 1. The Morgan fingerprint density at radius 2 is 2.22 bits per heavy atom. The van der Waals surface area contributed by atoms with Gasteiger partial charge in [-0.15, -0.1) is 0 Å². The molecule has 0 saturated carbocycles. The molecule has 92 valence electrons. The summed E-state index contributed by atoms with van der Waals surface area (Å²) in [5, 5.41) is 13.9. The van der Waals surface area contributed by atoms with E-state index in [2.05, 4.69) is 15.3 Å². The van der Waals surface area contributed by atoms with E-state index in [1.165, 1.54) is 12.4 Å². The molecule has 0 aliphatic heterocycles. The van der Waals surface area contributed by atoms with Crippen LogP contribution in [0, 0.1) is 17.0 Å². The Balaban J connectivity index is 2.11. The van der Waals surface area contributed by atoms with Gasteiger partial charge in [-0.05, 0) is 19.1 Å². The first-order valence-electron chi connectivity index (χ1n) is 5.40. The van der Waals surface area contributed by atoms with Gasteiger partial charge in [0.1, 0.15) is 6.33 Å². The zero-order valence-electron chi connectivity index (χ0n) is 9.83. The first-order chi connectivity index (χ1) is 8.66. The Morgan fingerprint density at radius 3 is 2.89 bits per heavy atom. The maximum Gasteiger partial charge on any atom is 0.274 e. The van der Waals surface area contributed by atoms with Gasteiger partial charge in [0, 0.05) is 23.5 Å². The van der Waals surface area contributed by atoms with Crippen LogP contribution in [0.1, 0.15) is 11.3 Å². The molecule has 18 heavy (non-hydrogen) atoms. The van der Waals surface area contributed by atoms with Gasteiger partial charge in [0.15, 0.2) is 0 Å². The van der Waals surface area contributed by atoms with Gasteiger partial charge in [-0.1, -0.05) is 6.07 Å². The van der Waals surface area contributed by atoms with Crippen LogP contribution in [0.3, 0.4) is 0 Å². The monoisotopic (exact) mass is 244 g/mol. The summed E-state index contributed by atoms with van der Waals surface area (Å²) in [6.45, 7) is 2.22. The summed E-state index contributed by atoms with van der Waals surface area (Å²) in [6.07, 6.45) is 3.12. The Labute approximate surface area is 104 Å². The third kappa shape index (κ3) is 2.79. The minimum atomic E-state index is -0.384. The summed E-state index contributed by atoms with van der Waals surface area (Å²) in [7, 11) is 0. The smallest absolute Gasteiger partial charge is 0.274 e. The first-order valence-corrected chi connectivity index (χ1v) is 5.40. The van der Waals surface area contributed by atoms with Gasteiger partial charge >= 0.3 is 0 Å². The van der Waals surface area contributed by atoms with E-state index in [9.17, 15) is 10.1 Å². The molecule has 0 saturated heterocycles. The van der Waals surface area contributed by atoms with Crippen molar-refractivity contribution in [3.63, 3.8) is 0 Å². The van der Waals surface area contributed by atoms with Crippen molar-refractivity contribution in [1.82, 2.24) is 9.97 Å². The van der Waals surface area contributed by atoms with Gasteiger partial charge in [0.25, 0.3) is 5.69 Å². The van der Waals surface area contributed by atoms with Crippen molar-refractivity contribution >= 4 is 11.4 Å². The summed E-state index contributed by atoms with van der Waals surface area (Å²) >= 11 is 0. The molecule has 1 aromatic carbocycles. The summed E-state index contributed by atoms with van der Waals surface area (Å²) in [5.74, 6) is 0. The maximum atomic E-state index is 10.8. The number of hydrogen-bond donors (Lipinski definition) is 1. The molecule has 1 N–H and O–H groups in total. The molecular formula is C12H12N4O2. The summed E-state index contributed by atoms with van der Waals surface area (Å²) < 4.78 is 0. The molecule has 0 amide bonds. The van der Waals surface area contributed by atoms with E-state index in [0.717, 1.165) is 5.69 Å². The molecule has 0 bridgehead atoms. The lowest BCUT2D eigenvalue weighted by Crippen LogP contribution is -2.02. The Kier molecular flexibility index (Phi) is 3.47.